The molecule has 0 saturated heterocycles. The highest BCUT2D eigenvalue weighted by Crippen LogP contribution is 2.32. The second-order valence-electron chi connectivity index (χ2n) is 5.17. The highest BCUT2D eigenvalue weighted by Gasteiger charge is 2.36. The van der Waals surface area contributed by atoms with Gasteiger partial charge in [0.25, 0.3) is 0 Å². The topological polar surface area (TPSA) is 53.4 Å². The van der Waals surface area contributed by atoms with Crippen LogP contribution >= 0.6 is 11.3 Å². The number of thiazole rings is 1. The van der Waals surface area contributed by atoms with Crippen molar-refractivity contribution in [2.75, 3.05) is 7.05 Å². The molecule has 1 N–H and O–H groups in total. The van der Waals surface area contributed by atoms with Crippen molar-refractivity contribution in [3.8, 4) is 0 Å². The van der Waals surface area contributed by atoms with E-state index in [-0.39, 0.29) is 6.04 Å². The van der Waals surface area contributed by atoms with Crippen molar-refractivity contribution in [1.82, 2.24) is 9.88 Å². The Morgan fingerprint density at radius 2 is 2.05 bits per heavy atom. The van der Waals surface area contributed by atoms with Crippen LogP contribution in [0.4, 0.5) is 0 Å². The number of para-hydroxylation sites is 1. The van der Waals surface area contributed by atoms with Crippen molar-refractivity contribution in [2.45, 2.75) is 32.4 Å². The Bertz CT molecular complexity index is 573. The number of rotatable bonds is 4. The molecule has 1 heterocycles. The molecule has 1 aromatic carbocycles. The summed E-state index contributed by atoms with van der Waals surface area (Å²) in [7, 11) is 1.82. The molecule has 2 aromatic rings. The van der Waals surface area contributed by atoms with E-state index < -0.39 is 11.5 Å². The van der Waals surface area contributed by atoms with Crippen molar-refractivity contribution in [3.05, 3.63) is 29.3 Å². The Morgan fingerprint density at radius 3 is 2.63 bits per heavy atom. The van der Waals surface area contributed by atoms with Crippen LogP contribution in [0, 0.1) is 0 Å². The van der Waals surface area contributed by atoms with E-state index in [1.54, 1.807) is 25.2 Å². The number of benzene rings is 1. The van der Waals surface area contributed by atoms with E-state index >= 15 is 0 Å². The van der Waals surface area contributed by atoms with Crippen LogP contribution in [0.1, 0.15) is 31.8 Å². The molecule has 4 nitrogen and oxygen atoms in total. The minimum Gasteiger partial charge on any atom is -0.480 e. The first-order valence-corrected chi connectivity index (χ1v) is 6.97. The molecule has 0 spiro atoms. The summed E-state index contributed by atoms with van der Waals surface area (Å²) in [5, 5.41) is 10.2. The first kappa shape index (κ1) is 14.0. The highest BCUT2D eigenvalue weighted by molar-refractivity contribution is 7.18. The Labute approximate surface area is 116 Å². The fraction of sp³-hybridized carbons (Fsp3) is 0.429. The van der Waals surface area contributed by atoms with Gasteiger partial charge in [-0.25, -0.2) is 4.98 Å². The molecule has 2 rings (SSSR count). The first-order chi connectivity index (χ1) is 8.84. The lowest BCUT2D eigenvalue weighted by atomic mass is 10.0. The molecule has 19 heavy (non-hydrogen) atoms. The number of fused-ring (bicyclic) bond motifs is 1. The smallest absolute Gasteiger partial charge is 0.323 e. The maximum absolute atomic E-state index is 11.3. The molecular weight excluding hydrogens is 260 g/mol. The van der Waals surface area contributed by atoms with Crippen LogP contribution in [0.5, 0.6) is 0 Å². The fourth-order valence-electron chi connectivity index (χ4n) is 1.87. The first-order valence-electron chi connectivity index (χ1n) is 6.16. The number of aliphatic carboxylic acids is 1. The average Bonchev–Trinajstić information content (AvgIpc) is 2.80. The molecule has 5 heteroatoms. The summed E-state index contributed by atoms with van der Waals surface area (Å²) in [5.74, 6) is -0.831. The van der Waals surface area contributed by atoms with E-state index in [0.29, 0.717) is 0 Å². The van der Waals surface area contributed by atoms with Crippen LogP contribution < -0.4 is 0 Å². The molecule has 0 fully saturated rings. The molecule has 0 amide bonds. The fourth-order valence-corrected chi connectivity index (χ4v) is 2.93. The van der Waals surface area contributed by atoms with Gasteiger partial charge in [0, 0.05) is 0 Å². The zero-order chi connectivity index (χ0) is 14.2. The number of likely N-dealkylation sites (N-methyl/N-ethyl adjacent to an activating group) is 1. The summed E-state index contributed by atoms with van der Waals surface area (Å²) in [4.78, 5) is 17.7. The lowest BCUT2D eigenvalue weighted by Crippen LogP contribution is -2.48. The van der Waals surface area contributed by atoms with E-state index in [2.05, 4.69) is 4.98 Å². The molecule has 0 aliphatic heterocycles. The molecule has 0 bridgehead atoms. The van der Waals surface area contributed by atoms with Crippen molar-refractivity contribution in [3.63, 3.8) is 0 Å². The van der Waals surface area contributed by atoms with E-state index in [1.807, 2.05) is 43.1 Å². The largest absolute Gasteiger partial charge is 0.480 e. The quantitative estimate of drug-likeness (QED) is 0.933. The van der Waals surface area contributed by atoms with Crippen molar-refractivity contribution in [1.29, 1.82) is 0 Å². The number of aromatic nitrogens is 1. The monoisotopic (exact) mass is 278 g/mol. The molecule has 0 saturated carbocycles. The van der Waals surface area contributed by atoms with Gasteiger partial charge in [-0.3, -0.25) is 9.69 Å². The SMILES string of the molecule is CC(c1nc2ccccc2s1)N(C)C(C)(C)C(=O)O. The zero-order valence-electron chi connectivity index (χ0n) is 11.5. The van der Waals surface area contributed by atoms with Gasteiger partial charge in [-0.1, -0.05) is 12.1 Å². The molecule has 0 aliphatic rings. The predicted molar refractivity (Wildman–Crippen MR) is 77.5 cm³/mol. The molecular formula is C14H18N2O2S. The lowest BCUT2D eigenvalue weighted by molar-refractivity contribution is -0.149. The van der Waals surface area contributed by atoms with Crippen molar-refractivity contribution >= 4 is 27.5 Å². The Morgan fingerprint density at radius 1 is 1.42 bits per heavy atom. The normalized spacial score (nSPS) is 13.9. The second kappa shape index (κ2) is 4.90. The van der Waals surface area contributed by atoms with E-state index in [0.717, 1.165) is 15.2 Å². The summed E-state index contributed by atoms with van der Waals surface area (Å²) in [6, 6.07) is 7.92. The minimum atomic E-state index is -0.919. The number of carboxylic acid groups (broad SMARTS) is 1. The molecule has 0 radical (unpaired) electrons. The Kier molecular flexibility index (Phi) is 3.60. The maximum atomic E-state index is 11.3. The maximum Gasteiger partial charge on any atom is 0.323 e. The third kappa shape index (κ3) is 2.48. The van der Waals surface area contributed by atoms with Crippen molar-refractivity contribution in [2.24, 2.45) is 0 Å². The van der Waals surface area contributed by atoms with Crippen LogP contribution in [0.15, 0.2) is 24.3 Å². The summed E-state index contributed by atoms with van der Waals surface area (Å²) in [5.41, 5.74) is 0.0490. The van der Waals surface area contributed by atoms with Gasteiger partial charge in [-0.15, -0.1) is 11.3 Å². The standard InChI is InChI=1S/C14H18N2O2S/c1-9(16(4)14(2,3)13(17)18)12-15-10-7-5-6-8-11(10)19-12/h5-9H,1-4H3,(H,17,18). The number of hydrogen-bond donors (Lipinski definition) is 1. The number of hydrogen-bond acceptors (Lipinski definition) is 4. The Balaban J connectivity index is 2.33. The van der Waals surface area contributed by atoms with E-state index in [1.165, 1.54) is 0 Å². The second-order valence-corrected chi connectivity index (χ2v) is 6.23. The van der Waals surface area contributed by atoms with Gasteiger partial charge in [0.05, 0.1) is 16.3 Å². The zero-order valence-corrected chi connectivity index (χ0v) is 12.4. The van der Waals surface area contributed by atoms with Gasteiger partial charge < -0.3 is 5.11 Å². The number of nitrogens with zero attached hydrogens (tertiary/aromatic N) is 2. The van der Waals surface area contributed by atoms with Crippen LogP contribution in [0.3, 0.4) is 0 Å². The highest BCUT2D eigenvalue weighted by atomic mass is 32.1. The van der Waals surface area contributed by atoms with Gasteiger partial charge in [0.15, 0.2) is 0 Å². The predicted octanol–water partition coefficient (Wildman–Crippen LogP) is 3.15. The van der Waals surface area contributed by atoms with Gasteiger partial charge in [-0.05, 0) is 40.0 Å². The molecule has 0 aliphatic carbocycles. The van der Waals surface area contributed by atoms with Crippen LogP contribution in [-0.2, 0) is 4.79 Å². The van der Waals surface area contributed by atoms with Crippen molar-refractivity contribution < 1.29 is 9.90 Å². The van der Waals surface area contributed by atoms with Crippen LogP contribution in [0.25, 0.3) is 10.2 Å². The Hall–Kier alpha value is -1.46. The molecule has 1 aromatic heterocycles. The van der Waals surface area contributed by atoms with E-state index in [4.69, 9.17) is 0 Å². The van der Waals surface area contributed by atoms with Gasteiger partial charge in [0.1, 0.15) is 10.5 Å². The van der Waals surface area contributed by atoms with Gasteiger partial charge >= 0.3 is 5.97 Å². The summed E-state index contributed by atoms with van der Waals surface area (Å²) < 4.78 is 1.13. The lowest BCUT2D eigenvalue weighted by Gasteiger charge is -2.35. The van der Waals surface area contributed by atoms with Crippen LogP contribution in [-0.4, -0.2) is 33.5 Å². The van der Waals surface area contributed by atoms with E-state index in [9.17, 15) is 9.90 Å². The number of carbonyl (C=O) groups is 1. The number of carboxylic acids is 1. The summed E-state index contributed by atoms with van der Waals surface area (Å²) in [6.45, 7) is 5.40. The minimum absolute atomic E-state index is 0.0384. The summed E-state index contributed by atoms with van der Waals surface area (Å²) in [6.07, 6.45) is 0. The van der Waals surface area contributed by atoms with Gasteiger partial charge in [0.2, 0.25) is 0 Å². The summed E-state index contributed by atoms with van der Waals surface area (Å²) >= 11 is 1.62. The third-order valence-electron chi connectivity index (χ3n) is 3.65. The van der Waals surface area contributed by atoms with Gasteiger partial charge in [-0.2, -0.15) is 0 Å². The molecule has 1 unspecified atom stereocenters. The third-order valence-corrected chi connectivity index (χ3v) is 4.86. The van der Waals surface area contributed by atoms with Crippen LogP contribution in [0.2, 0.25) is 0 Å². The molecule has 102 valence electrons. The average molecular weight is 278 g/mol. The molecule has 1 atom stereocenters.